The molecule has 156 valence electrons. The van der Waals surface area contributed by atoms with Gasteiger partial charge in [0, 0.05) is 50.1 Å². The Labute approximate surface area is 184 Å². The number of nitrogens with zero attached hydrogens (tertiary/aromatic N) is 4. The maximum Gasteiger partial charge on any atom is 0.170 e. The van der Waals surface area contributed by atoms with E-state index in [9.17, 15) is 0 Å². The third kappa shape index (κ3) is 3.92. The van der Waals surface area contributed by atoms with E-state index >= 15 is 0 Å². The zero-order valence-electron chi connectivity index (χ0n) is 17.8. The molecule has 6 heteroatoms. The van der Waals surface area contributed by atoms with E-state index in [2.05, 4.69) is 94.3 Å². The first-order chi connectivity index (χ1) is 14.6. The number of rotatable bonds is 7. The van der Waals surface area contributed by atoms with Crippen LogP contribution >= 0.6 is 12.2 Å². The van der Waals surface area contributed by atoms with Crippen molar-refractivity contribution in [3.8, 4) is 5.69 Å². The number of thiocarbonyl (C=S) groups is 1. The highest BCUT2D eigenvalue weighted by atomic mass is 32.1. The van der Waals surface area contributed by atoms with Crippen molar-refractivity contribution in [1.29, 1.82) is 0 Å². The maximum atomic E-state index is 5.76. The molecule has 2 aromatic heterocycles. The smallest absolute Gasteiger partial charge is 0.170 e. The Bertz CT molecular complexity index is 980. The van der Waals surface area contributed by atoms with E-state index in [4.69, 9.17) is 12.2 Å². The van der Waals surface area contributed by atoms with Gasteiger partial charge in [-0.3, -0.25) is 4.98 Å². The topological polar surface area (TPSA) is 36.3 Å². The van der Waals surface area contributed by atoms with Gasteiger partial charge in [-0.15, -0.1) is 0 Å². The molecule has 0 saturated carbocycles. The van der Waals surface area contributed by atoms with E-state index < -0.39 is 0 Å². The molecule has 4 rings (SSSR count). The first-order valence-electron chi connectivity index (χ1n) is 10.5. The van der Waals surface area contributed by atoms with Crippen LogP contribution in [0.25, 0.3) is 5.69 Å². The summed E-state index contributed by atoms with van der Waals surface area (Å²) in [6.07, 6.45) is 6.22. The molecule has 3 aromatic rings. The van der Waals surface area contributed by atoms with Gasteiger partial charge in [0.2, 0.25) is 0 Å². The molecule has 0 radical (unpaired) electrons. The van der Waals surface area contributed by atoms with Crippen molar-refractivity contribution in [2.24, 2.45) is 0 Å². The first kappa shape index (κ1) is 20.4. The van der Waals surface area contributed by atoms with Crippen molar-refractivity contribution < 1.29 is 0 Å². The Hall–Kier alpha value is -2.86. The van der Waals surface area contributed by atoms with Gasteiger partial charge in [-0.25, -0.2) is 0 Å². The highest BCUT2D eigenvalue weighted by Crippen LogP contribution is 2.39. The maximum absolute atomic E-state index is 5.76. The summed E-state index contributed by atoms with van der Waals surface area (Å²) in [6.45, 7) is 3.15. The van der Waals surface area contributed by atoms with Crippen LogP contribution in [0.4, 0.5) is 5.69 Å². The van der Waals surface area contributed by atoms with Gasteiger partial charge in [-0.05, 0) is 67.2 Å². The number of benzene rings is 1. The predicted molar refractivity (Wildman–Crippen MR) is 127 cm³/mol. The molecule has 5 nitrogen and oxygen atoms in total. The van der Waals surface area contributed by atoms with E-state index in [1.807, 2.05) is 18.3 Å². The van der Waals surface area contributed by atoms with E-state index in [0.29, 0.717) is 0 Å². The number of hydrogen-bond donors (Lipinski definition) is 1. The molecule has 1 N–H and O–H groups in total. The Morgan fingerprint density at radius 2 is 1.87 bits per heavy atom. The summed E-state index contributed by atoms with van der Waals surface area (Å²) in [5.74, 6) is 0. The molecule has 1 aromatic carbocycles. The van der Waals surface area contributed by atoms with Crippen molar-refractivity contribution in [2.75, 3.05) is 25.5 Å². The molecule has 1 saturated heterocycles. The van der Waals surface area contributed by atoms with Crippen molar-refractivity contribution in [3.05, 3.63) is 78.4 Å². The van der Waals surface area contributed by atoms with Crippen LogP contribution in [0.5, 0.6) is 0 Å². The van der Waals surface area contributed by atoms with Crippen LogP contribution in [0.1, 0.15) is 43.2 Å². The molecule has 1 aliphatic heterocycles. The van der Waals surface area contributed by atoms with Gasteiger partial charge in [0.05, 0.1) is 17.8 Å². The summed E-state index contributed by atoms with van der Waals surface area (Å²) < 4.78 is 2.27. The second-order valence-corrected chi connectivity index (χ2v) is 8.27. The van der Waals surface area contributed by atoms with Crippen LogP contribution in [0, 0.1) is 0 Å². The quantitative estimate of drug-likeness (QED) is 0.561. The molecule has 0 bridgehead atoms. The highest BCUT2D eigenvalue weighted by molar-refractivity contribution is 7.80. The second-order valence-electron chi connectivity index (χ2n) is 7.89. The van der Waals surface area contributed by atoms with Gasteiger partial charge in [-0.1, -0.05) is 19.4 Å². The molecule has 0 aliphatic carbocycles. The lowest BCUT2D eigenvalue weighted by molar-refractivity contribution is 0.304. The monoisotopic (exact) mass is 419 g/mol. The number of aromatic nitrogens is 2. The van der Waals surface area contributed by atoms with Gasteiger partial charge >= 0.3 is 0 Å². The van der Waals surface area contributed by atoms with Crippen LogP contribution in [0.15, 0.2) is 67.0 Å². The lowest BCUT2D eigenvalue weighted by Crippen LogP contribution is -2.31. The number of nitrogens with one attached hydrogen (secondary N) is 1. The van der Waals surface area contributed by atoms with Gasteiger partial charge in [-0.2, -0.15) is 0 Å². The number of unbranched alkanes of at least 4 members (excludes halogenated alkanes) is 1. The van der Waals surface area contributed by atoms with Crippen LogP contribution in [0.3, 0.4) is 0 Å². The van der Waals surface area contributed by atoms with E-state index in [1.54, 1.807) is 0 Å². The van der Waals surface area contributed by atoms with Crippen molar-refractivity contribution in [1.82, 2.24) is 19.8 Å². The molecular formula is C24H29N5S. The van der Waals surface area contributed by atoms with E-state index in [0.717, 1.165) is 35.9 Å². The van der Waals surface area contributed by atoms with Gasteiger partial charge < -0.3 is 19.7 Å². The lowest BCUT2D eigenvalue weighted by Gasteiger charge is -2.29. The summed E-state index contributed by atoms with van der Waals surface area (Å²) in [6, 6.07) is 19.1. The van der Waals surface area contributed by atoms with Crippen molar-refractivity contribution >= 4 is 23.0 Å². The zero-order valence-corrected chi connectivity index (χ0v) is 18.6. The Balaban J connectivity index is 1.75. The summed E-state index contributed by atoms with van der Waals surface area (Å²) in [5, 5.41) is 4.35. The molecule has 0 spiro atoms. The molecule has 1 aliphatic rings. The SMILES string of the molecule is CCCCN1C(=S)N[C@@H](c2ccccn2)[C@@H]1c1cccn1-c1ccc(N(C)C)cc1. The standard InChI is InChI=1S/C24H29N5S/c1-4-5-16-29-23(22(26-24(29)30)20-9-6-7-15-25-20)21-10-8-17-28(21)19-13-11-18(12-14-19)27(2)3/h6-15,17,22-23H,4-5,16H2,1-3H3,(H,26,30)/t22-,23-/m0/s1. The average molecular weight is 420 g/mol. The van der Waals surface area contributed by atoms with Gasteiger partial charge in [0.25, 0.3) is 0 Å². The summed E-state index contributed by atoms with van der Waals surface area (Å²) in [4.78, 5) is 9.09. The van der Waals surface area contributed by atoms with Crippen LogP contribution in [0.2, 0.25) is 0 Å². The number of pyridine rings is 1. The fraction of sp³-hybridized carbons (Fsp3) is 0.333. The predicted octanol–water partition coefficient (Wildman–Crippen LogP) is 4.71. The fourth-order valence-corrected chi connectivity index (χ4v) is 4.41. The minimum absolute atomic E-state index is 0.0188. The van der Waals surface area contributed by atoms with Crippen LogP contribution in [-0.4, -0.2) is 40.2 Å². The minimum atomic E-state index is 0.0188. The van der Waals surface area contributed by atoms with E-state index in [-0.39, 0.29) is 12.1 Å². The molecule has 2 atom stereocenters. The van der Waals surface area contributed by atoms with E-state index in [1.165, 1.54) is 11.4 Å². The second kappa shape index (κ2) is 8.88. The molecule has 0 unspecified atom stereocenters. The average Bonchev–Trinajstić information content (AvgIpc) is 3.37. The summed E-state index contributed by atoms with van der Waals surface area (Å²) in [7, 11) is 4.12. The zero-order chi connectivity index (χ0) is 21.1. The van der Waals surface area contributed by atoms with Gasteiger partial charge in [0.1, 0.15) is 0 Å². The molecule has 30 heavy (non-hydrogen) atoms. The Morgan fingerprint density at radius 3 is 2.53 bits per heavy atom. The molecule has 0 amide bonds. The van der Waals surface area contributed by atoms with Crippen molar-refractivity contribution in [2.45, 2.75) is 31.8 Å². The molecular weight excluding hydrogens is 390 g/mol. The van der Waals surface area contributed by atoms with Gasteiger partial charge in [0.15, 0.2) is 5.11 Å². The Kier molecular flexibility index (Phi) is 6.04. The normalized spacial score (nSPS) is 18.5. The number of anilines is 1. The first-order valence-corrected chi connectivity index (χ1v) is 10.9. The third-order valence-electron chi connectivity index (χ3n) is 5.68. The Morgan fingerprint density at radius 1 is 1.07 bits per heavy atom. The molecule has 3 heterocycles. The van der Waals surface area contributed by atoms with Crippen molar-refractivity contribution in [3.63, 3.8) is 0 Å². The largest absolute Gasteiger partial charge is 0.378 e. The third-order valence-corrected chi connectivity index (χ3v) is 6.03. The van der Waals surface area contributed by atoms with Crippen LogP contribution in [-0.2, 0) is 0 Å². The van der Waals surface area contributed by atoms with Crippen LogP contribution < -0.4 is 10.2 Å². The summed E-state index contributed by atoms with van der Waals surface area (Å²) in [5.41, 5.74) is 4.56. The fourth-order valence-electron chi connectivity index (χ4n) is 4.08. The molecule has 1 fully saturated rings. The number of hydrogen-bond acceptors (Lipinski definition) is 3. The summed E-state index contributed by atoms with van der Waals surface area (Å²) >= 11 is 5.76. The lowest BCUT2D eigenvalue weighted by atomic mass is 10.0. The minimum Gasteiger partial charge on any atom is -0.378 e. The highest BCUT2D eigenvalue weighted by Gasteiger charge is 2.40.